The number of nitrogens with one attached hydrogen (secondary N) is 1. The quantitative estimate of drug-likeness (QED) is 0.417. The molecule has 0 aliphatic carbocycles. The van der Waals surface area contributed by atoms with Crippen molar-refractivity contribution in [3.63, 3.8) is 0 Å². The van der Waals surface area contributed by atoms with Crippen LogP contribution in [0, 0.1) is 0 Å². The summed E-state index contributed by atoms with van der Waals surface area (Å²) in [6.07, 6.45) is 3.54. The van der Waals surface area contributed by atoms with Gasteiger partial charge in [0, 0.05) is 22.8 Å². The second-order valence-corrected chi connectivity index (χ2v) is 8.22. The molecule has 7 nitrogen and oxygen atoms in total. The summed E-state index contributed by atoms with van der Waals surface area (Å²) in [6, 6.07) is 24.9. The van der Waals surface area contributed by atoms with Gasteiger partial charge in [0.15, 0.2) is 5.65 Å². The van der Waals surface area contributed by atoms with Gasteiger partial charge in [0.05, 0.1) is 19.2 Å². The third-order valence-electron chi connectivity index (χ3n) is 5.92. The molecule has 0 atom stereocenters. The molecule has 3 heterocycles. The summed E-state index contributed by atoms with van der Waals surface area (Å²) in [7, 11) is 0. The summed E-state index contributed by atoms with van der Waals surface area (Å²) in [5.74, 6) is -0.141. The highest BCUT2D eigenvalue weighted by atomic mass is 16.3. The van der Waals surface area contributed by atoms with Crippen LogP contribution in [0.4, 0.5) is 5.69 Å². The molecular formula is C27H20N4O3. The summed E-state index contributed by atoms with van der Waals surface area (Å²) < 4.78 is 8.63. The summed E-state index contributed by atoms with van der Waals surface area (Å²) in [5.41, 5.74) is 3.53. The van der Waals surface area contributed by atoms with Crippen LogP contribution in [0.5, 0.6) is 0 Å². The average molecular weight is 448 g/mol. The third kappa shape index (κ3) is 3.53. The molecule has 0 bridgehead atoms. The zero-order valence-electron chi connectivity index (χ0n) is 18.1. The first-order valence-corrected chi connectivity index (χ1v) is 11.0. The van der Waals surface area contributed by atoms with Crippen molar-refractivity contribution in [2.75, 3.05) is 5.32 Å². The summed E-state index contributed by atoms with van der Waals surface area (Å²) in [4.78, 5) is 25.4. The lowest BCUT2D eigenvalue weighted by Crippen LogP contribution is -2.21. The van der Waals surface area contributed by atoms with Crippen LogP contribution in [0.1, 0.15) is 11.1 Å². The van der Waals surface area contributed by atoms with Gasteiger partial charge in [0.2, 0.25) is 5.91 Å². The summed E-state index contributed by atoms with van der Waals surface area (Å²) >= 11 is 0. The molecule has 0 saturated carbocycles. The third-order valence-corrected chi connectivity index (χ3v) is 5.92. The number of rotatable bonds is 5. The molecular weight excluding hydrogens is 428 g/mol. The number of pyridine rings is 1. The van der Waals surface area contributed by atoms with Crippen molar-refractivity contribution in [2.45, 2.75) is 13.0 Å². The molecule has 0 saturated heterocycles. The Labute approximate surface area is 193 Å². The highest BCUT2D eigenvalue weighted by Crippen LogP contribution is 2.30. The standard InChI is InChI=1S/C27H20N4O3/c32-25(15-20-17-34-23-12-11-19-7-1-2-9-22(19)26(20)23)28-21-8-5-6-18(14-21)16-31-27(33)30-13-4-3-10-24(30)29-31/h1-14,17H,15-16H2,(H,28,32). The van der Waals surface area contributed by atoms with Crippen LogP contribution in [0.25, 0.3) is 27.4 Å². The van der Waals surface area contributed by atoms with Gasteiger partial charge in [-0.2, -0.15) is 0 Å². The number of furan rings is 1. The Morgan fingerprint density at radius 1 is 0.971 bits per heavy atom. The zero-order chi connectivity index (χ0) is 23.1. The van der Waals surface area contributed by atoms with E-state index in [9.17, 15) is 9.59 Å². The second kappa shape index (κ2) is 8.04. The summed E-state index contributed by atoms with van der Waals surface area (Å²) in [5, 5.41) is 10.5. The van der Waals surface area contributed by atoms with E-state index < -0.39 is 0 Å². The maximum Gasteiger partial charge on any atom is 0.350 e. The number of fused-ring (bicyclic) bond motifs is 4. The molecule has 0 unspecified atom stereocenters. The van der Waals surface area contributed by atoms with E-state index in [0.717, 1.165) is 32.9 Å². The fourth-order valence-corrected chi connectivity index (χ4v) is 4.37. The van der Waals surface area contributed by atoms with E-state index in [1.807, 2.05) is 66.7 Å². The first kappa shape index (κ1) is 20.0. The van der Waals surface area contributed by atoms with Gasteiger partial charge in [0.25, 0.3) is 0 Å². The van der Waals surface area contributed by atoms with Crippen LogP contribution in [0.3, 0.4) is 0 Å². The first-order chi connectivity index (χ1) is 16.7. The molecule has 3 aromatic carbocycles. The summed E-state index contributed by atoms with van der Waals surface area (Å²) in [6.45, 7) is 0.308. The van der Waals surface area contributed by atoms with E-state index in [1.54, 1.807) is 24.6 Å². The number of aromatic nitrogens is 3. The number of carbonyl (C=O) groups is 1. The number of amides is 1. The predicted octanol–water partition coefficient (Wildman–Crippen LogP) is 4.62. The van der Waals surface area contributed by atoms with Crippen LogP contribution >= 0.6 is 0 Å². The molecule has 0 aliphatic rings. The lowest BCUT2D eigenvalue weighted by atomic mass is 10.0. The second-order valence-electron chi connectivity index (χ2n) is 8.22. The van der Waals surface area contributed by atoms with Crippen LogP contribution in [0.2, 0.25) is 0 Å². The van der Waals surface area contributed by atoms with Crippen molar-refractivity contribution >= 4 is 39.0 Å². The number of benzene rings is 3. The van der Waals surface area contributed by atoms with Crippen LogP contribution < -0.4 is 11.0 Å². The average Bonchev–Trinajstić information content (AvgIpc) is 3.40. The molecule has 6 aromatic rings. The maximum atomic E-state index is 12.9. The van der Waals surface area contributed by atoms with Crippen LogP contribution in [-0.2, 0) is 17.8 Å². The van der Waals surface area contributed by atoms with Crippen molar-refractivity contribution in [1.29, 1.82) is 0 Å². The smallest absolute Gasteiger partial charge is 0.350 e. The fraction of sp³-hybridized carbons (Fsp3) is 0.0741. The first-order valence-electron chi connectivity index (χ1n) is 11.0. The molecule has 0 radical (unpaired) electrons. The minimum absolute atomic E-state index is 0.141. The molecule has 0 fully saturated rings. The van der Waals surface area contributed by atoms with Gasteiger partial charge in [-0.15, -0.1) is 5.10 Å². The molecule has 6 rings (SSSR count). The highest BCUT2D eigenvalue weighted by Gasteiger charge is 2.14. The van der Waals surface area contributed by atoms with Crippen molar-refractivity contribution < 1.29 is 9.21 Å². The van der Waals surface area contributed by atoms with Crippen molar-refractivity contribution in [3.05, 3.63) is 113 Å². The lowest BCUT2D eigenvalue weighted by molar-refractivity contribution is -0.115. The Hall–Kier alpha value is -4.65. The molecule has 7 heteroatoms. The number of carbonyl (C=O) groups excluding carboxylic acids is 1. The topological polar surface area (TPSA) is 81.5 Å². The van der Waals surface area contributed by atoms with E-state index in [2.05, 4.69) is 10.4 Å². The van der Waals surface area contributed by atoms with Gasteiger partial charge < -0.3 is 9.73 Å². The monoisotopic (exact) mass is 448 g/mol. The molecule has 34 heavy (non-hydrogen) atoms. The van der Waals surface area contributed by atoms with Gasteiger partial charge in [-0.05, 0) is 46.7 Å². The van der Waals surface area contributed by atoms with Gasteiger partial charge in [-0.3, -0.25) is 9.20 Å². The predicted molar refractivity (Wildman–Crippen MR) is 131 cm³/mol. The number of nitrogens with zero attached hydrogens (tertiary/aromatic N) is 3. The Balaban J connectivity index is 1.23. The maximum absolute atomic E-state index is 12.9. The molecule has 1 N–H and O–H groups in total. The van der Waals surface area contributed by atoms with Crippen LogP contribution in [-0.4, -0.2) is 20.1 Å². The van der Waals surface area contributed by atoms with Crippen molar-refractivity contribution in [2.24, 2.45) is 0 Å². The number of hydrogen-bond donors (Lipinski definition) is 1. The van der Waals surface area contributed by atoms with Gasteiger partial charge in [-0.1, -0.05) is 48.5 Å². The van der Waals surface area contributed by atoms with E-state index in [1.165, 1.54) is 9.08 Å². The zero-order valence-corrected chi connectivity index (χ0v) is 18.1. The van der Waals surface area contributed by atoms with E-state index in [0.29, 0.717) is 17.9 Å². The number of anilines is 1. The number of hydrogen-bond acceptors (Lipinski definition) is 4. The van der Waals surface area contributed by atoms with E-state index in [-0.39, 0.29) is 18.0 Å². The highest BCUT2D eigenvalue weighted by molar-refractivity contribution is 6.09. The van der Waals surface area contributed by atoms with E-state index >= 15 is 0 Å². The Kier molecular flexibility index (Phi) is 4.73. The minimum atomic E-state index is -0.205. The lowest BCUT2D eigenvalue weighted by Gasteiger charge is -2.08. The van der Waals surface area contributed by atoms with Crippen LogP contribution in [0.15, 0.2) is 101 Å². The normalized spacial score (nSPS) is 11.4. The minimum Gasteiger partial charge on any atom is -0.464 e. The molecule has 0 spiro atoms. The van der Waals surface area contributed by atoms with Gasteiger partial charge in [-0.25, -0.2) is 9.48 Å². The van der Waals surface area contributed by atoms with Crippen molar-refractivity contribution in [1.82, 2.24) is 14.2 Å². The van der Waals surface area contributed by atoms with E-state index in [4.69, 9.17) is 4.42 Å². The Morgan fingerprint density at radius 2 is 1.85 bits per heavy atom. The Morgan fingerprint density at radius 3 is 2.76 bits per heavy atom. The molecule has 3 aromatic heterocycles. The molecule has 1 amide bonds. The van der Waals surface area contributed by atoms with Gasteiger partial charge in [0.1, 0.15) is 5.58 Å². The molecule has 0 aliphatic heterocycles. The van der Waals surface area contributed by atoms with Crippen molar-refractivity contribution in [3.8, 4) is 0 Å². The SMILES string of the molecule is O=C(Cc1coc2ccc3ccccc3c12)Nc1cccc(Cn2nc3ccccn3c2=O)c1. The largest absolute Gasteiger partial charge is 0.464 e. The van der Waals surface area contributed by atoms with Gasteiger partial charge >= 0.3 is 5.69 Å². The fourth-order valence-electron chi connectivity index (χ4n) is 4.37. The molecule has 166 valence electrons. The Bertz CT molecular complexity index is 1740.